The number of nitrogens with one attached hydrogen (secondary N) is 1. The molecule has 1 aromatic heterocycles. The molecule has 1 amide bonds. The lowest BCUT2D eigenvalue weighted by Crippen LogP contribution is -2.24. The maximum absolute atomic E-state index is 11.6. The minimum atomic E-state index is -0.565. The number of nitrogens with zero attached hydrogens (tertiary/aromatic N) is 2. The lowest BCUT2D eigenvalue weighted by atomic mass is 10.3. The Morgan fingerprint density at radius 1 is 1.45 bits per heavy atom. The Kier molecular flexibility index (Phi) is 5.21. The van der Waals surface area contributed by atoms with Crippen molar-refractivity contribution in [1.29, 1.82) is 0 Å². The van der Waals surface area contributed by atoms with Crippen LogP contribution in [0.3, 0.4) is 0 Å². The number of carbonyl (C=O) groups is 1. The topological polar surface area (TPSA) is 93.8 Å². The van der Waals surface area contributed by atoms with E-state index in [-0.39, 0.29) is 18.0 Å². The molecule has 114 valence electrons. The van der Waals surface area contributed by atoms with Crippen molar-refractivity contribution in [3.8, 4) is 5.75 Å². The Bertz CT molecular complexity index is 712. The summed E-state index contributed by atoms with van der Waals surface area (Å²) in [7, 11) is 0. The molecule has 7 nitrogen and oxygen atoms in total. The second-order valence-corrected chi connectivity index (χ2v) is 5.22. The molecule has 1 N–H and O–H groups in total. The summed E-state index contributed by atoms with van der Waals surface area (Å²) in [6.07, 6.45) is 1.54. The molecule has 0 spiro atoms. The first kappa shape index (κ1) is 15.6. The molecule has 2 aromatic rings. The van der Waals surface area contributed by atoms with Crippen LogP contribution in [0.2, 0.25) is 0 Å². The SMILES string of the molecule is Cc1ccsc1/C=N/NC(=O)COc1ccccc1[N+](=O)[O-]. The van der Waals surface area contributed by atoms with Gasteiger partial charge >= 0.3 is 5.69 Å². The van der Waals surface area contributed by atoms with Crippen LogP contribution in [-0.2, 0) is 4.79 Å². The van der Waals surface area contributed by atoms with Crippen molar-refractivity contribution >= 4 is 29.1 Å². The fourth-order valence-corrected chi connectivity index (χ4v) is 2.37. The number of thiophene rings is 1. The minimum Gasteiger partial charge on any atom is -0.477 e. The Morgan fingerprint density at radius 2 is 2.23 bits per heavy atom. The highest BCUT2D eigenvalue weighted by Crippen LogP contribution is 2.25. The molecule has 0 saturated carbocycles. The zero-order chi connectivity index (χ0) is 15.9. The summed E-state index contributed by atoms with van der Waals surface area (Å²) in [5.74, 6) is -0.454. The molecular weight excluding hydrogens is 306 g/mol. The lowest BCUT2D eigenvalue weighted by Gasteiger charge is -2.05. The zero-order valence-electron chi connectivity index (χ0n) is 11.7. The molecule has 0 aliphatic rings. The van der Waals surface area contributed by atoms with Gasteiger partial charge in [-0.2, -0.15) is 5.10 Å². The average Bonchev–Trinajstić information content (AvgIpc) is 2.91. The molecule has 0 fully saturated rings. The minimum absolute atomic E-state index is 0.0423. The first-order valence-corrected chi connectivity index (χ1v) is 7.18. The second-order valence-electron chi connectivity index (χ2n) is 4.27. The van der Waals surface area contributed by atoms with Gasteiger partial charge in [-0.05, 0) is 30.0 Å². The number of amides is 1. The Labute approximate surface area is 130 Å². The summed E-state index contributed by atoms with van der Waals surface area (Å²) in [5.41, 5.74) is 3.19. The summed E-state index contributed by atoms with van der Waals surface area (Å²) in [6.45, 7) is 1.59. The number of nitro benzene ring substituents is 1. The number of para-hydroxylation sites is 2. The van der Waals surface area contributed by atoms with E-state index in [1.807, 2.05) is 18.4 Å². The quantitative estimate of drug-likeness (QED) is 0.503. The van der Waals surface area contributed by atoms with Crippen LogP contribution in [0.15, 0.2) is 40.8 Å². The van der Waals surface area contributed by atoms with Gasteiger partial charge < -0.3 is 4.74 Å². The highest BCUT2D eigenvalue weighted by molar-refractivity contribution is 7.11. The molecule has 22 heavy (non-hydrogen) atoms. The van der Waals surface area contributed by atoms with Gasteiger partial charge in [-0.1, -0.05) is 12.1 Å². The van der Waals surface area contributed by atoms with E-state index in [0.29, 0.717) is 0 Å². The average molecular weight is 319 g/mol. The summed E-state index contributed by atoms with van der Waals surface area (Å²) in [5, 5.41) is 16.5. The number of carbonyl (C=O) groups excluding carboxylic acids is 1. The number of rotatable bonds is 6. The number of nitro groups is 1. The standard InChI is InChI=1S/C14H13N3O4S/c1-10-6-7-22-13(10)8-15-16-14(18)9-21-12-5-3-2-4-11(12)17(19)20/h2-8H,9H2,1H3,(H,16,18)/b15-8+. The molecule has 0 bridgehead atoms. The van der Waals surface area contributed by atoms with Crippen molar-refractivity contribution in [3.05, 3.63) is 56.3 Å². The van der Waals surface area contributed by atoms with E-state index in [1.165, 1.54) is 29.5 Å². The van der Waals surface area contributed by atoms with Crippen LogP contribution < -0.4 is 10.2 Å². The van der Waals surface area contributed by atoms with Gasteiger partial charge in [0.1, 0.15) is 0 Å². The van der Waals surface area contributed by atoms with E-state index in [2.05, 4.69) is 10.5 Å². The van der Waals surface area contributed by atoms with Gasteiger partial charge in [-0.3, -0.25) is 14.9 Å². The van der Waals surface area contributed by atoms with Crippen molar-refractivity contribution in [2.24, 2.45) is 5.10 Å². The van der Waals surface area contributed by atoms with Crippen molar-refractivity contribution < 1.29 is 14.5 Å². The fraction of sp³-hybridized carbons (Fsp3) is 0.143. The summed E-state index contributed by atoms with van der Waals surface area (Å²) >= 11 is 1.51. The van der Waals surface area contributed by atoms with Crippen LogP contribution in [-0.4, -0.2) is 23.7 Å². The van der Waals surface area contributed by atoms with Gasteiger partial charge in [0, 0.05) is 10.9 Å². The van der Waals surface area contributed by atoms with Crippen molar-refractivity contribution in [2.45, 2.75) is 6.92 Å². The zero-order valence-corrected chi connectivity index (χ0v) is 12.5. The molecular formula is C14H13N3O4S. The Hall–Kier alpha value is -2.74. The normalized spacial score (nSPS) is 10.6. The summed E-state index contributed by atoms with van der Waals surface area (Å²) < 4.78 is 5.15. The Morgan fingerprint density at radius 3 is 2.91 bits per heavy atom. The summed E-state index contributed by atoms with van der Waals surface area (Å²) in [4.78, 5) is 22.8. The molecule has 0 saturated heterocycles. The highest BCUT2D eigenvalue weighted by Gasteiger charge is 2.14. The molecule has 2 rings (SSSR count). The molecule has 1 heterocycles. The van der Waals surface area contributed by atoms with E-state index >= 15 is 0 Å². The van der Waals surface area contributed by atoms with Crippen LogP contribution in [0.4, 0.5) is 5.69 Å². The van der Waals surface area contributed by atoms with Gasteiger partial charge in [-0.25, -0.2) is 5.43 Å². The third-order valence-corrected chi connectivity index (χ3v) is 3.65. The van der Waals surface area contributed by atoms with Crippen LogP contribution in [0.25, 0.3) is 0 Å². The predicted octanol–water partition coefficient (Wildman–Crippen LogP) is 2.49. The van der Waals surface area contributed by atoms with Gasteiger partial charge in [0.05, 0.1) is 11.1 Å². The third-order valence-electron chi connectivity index (χ3n) is 2.69. The monoisotopic (exact) mass is 319 g/mol. The maximum atomic E-state index is 11.6. The molecule has 8 heteroatoms. The smallest absolute Gasteiger partial charge is 0.310 e. The van der Waals surface area contributed by atoms with Gasteiger partial charge in [0.25, 0.3) is 5.91 Å². The number of hydrazone groups is 1. The number of hydrogen-bond donors (Lipinski definition) is 1. The number of aryl methyl sites for hydroxylation is 1. The van der Waals surface area contributed by atoms with E-state index < -0.39 is 10.8 Å². The van der Waals surface area contributed by atoms with E-state index in [1.54, 1.807) is 12.3 Å². The lowest BCUT2D eigenvalue weighted by molar-refractivity contribution is -0.385. The van der Waals surface area contributed by atoms with E-state index in [9.17, 15) is 14.9 Å². The Balaban J connectivity index is 1.87. The molecule has 0 aliphatic heterocycles. The van der Waals surface area contributed by atoms with Crippen molar-refractivity contribution in [1.82, 2.24) is 5.43 Å². The third kappa shape index (κ3) is 4.13. The molecule has 0 unspecified atom stereocenters. The van der Waals surface area contributed by atoms with Gasteiger partial charge in [-0.15, -0.1) is 11.3 Å². The van der Waals surface area contributed by atoms with E-state index in [4.69, 9.17) is 4.74 Å². The van der Waals surface area contributed by atoms with Gasteiger partial charge in [0.15, 0.2) is 12.4 Å². The van der Waals surface area contributed by atoms with Crippen LogP contribution in [0.5, 0.6) is 5.75 Å². The van der Waals surface area contributed by atoms with Gasteiger partial charge in [0.2, 0.25) is 0 Å². The second kappa shape index (κ2) is 7.32. The van der Waals surface area contributed by atoms with Crippen LogP contribution in [0, 0.1) is 17.0 Å². The fourth-order valence-electron chi connectivity index (χ4n) is 1.59. The van der Waals surface area contributed by atoms with E-state index in [0.717, 1.165) is 10.4 Å². The molecule has 0 atom stereocenters. The molecule has 0 radical (unpaired) electrons. The van der Waals surface area contributed by atoms with Crippen molar-refractivity contribution in [2.75, 3.05) is 6.61 Å². The highest BCUT2D eigenvalue weighted by atomic mass is 32.1. The largest absolute Gasteiger partial charge is 0.477 e. The van der Waals surface area contributed by atoms with Crippen LogP contribution >= 0.6 is 11.3 Å². The number of hydrogen-bond acceptors (Lipinski definition) is 6. The number of benzene rings is 1. The molecule has 1 aromatic carbocycles. The summed E-state index contributed by atoms with van der Waals surface area (Å²) in [6, 6.07) is 7.82. The maximum Gasteiger partial charge on any atom is 0.310 e. The molecule has 0 aliphatic carbocycles. The first-order valence-electron chi connectivity index (χ1n) is 6.30. The first-order chi connectivity index (χ1) is 10.6. The van der Waals surface area contributed by atoms with Crippen LogP contribution in [0.1, 0.15) is 10.4 Å². The van der Waals surface area contributed by atoms with Crippen molar-refractivity contribution in [3.63, 3.8) is 0 Å². The number of ether oxygens (including phenoxy) is 1. The predicted molar refractivity (Wildman–Crippen MR) is 83.4 cm³/mol.